The van der Waals surface area contributed by atoms with Crippen molar-refractivity contribution >= 4 is 5.97 Å². The summed E-state index contributed by atoms with van der Waals surface area (Å²) >= 11 is 0. The van der Waals surface area contributed by atoms with E-state index < -0.39 is 12.1 Å². The number of aliphatic carboxylic acids is 1. The molecule has 0 aliphatic carbocycles. The number of phenols is 1. The zero-order valence-electron chi connectivity index (χ0n) is 12.3. The minimum absolute atomic E-state index is 0.225. The lowest BCUT2D eigenvalue weighted by atomic mass is 10.1. The first-order valence-electron chi connectivity index (χ1n) is 6.76. The number of aromatic hydroxyl groups is 1. The highest BCUT2D eigenvalue weighted by molar-refractivity contribution is 5.62. The summed E-state index contributed by atoms with van der Waals surface area (Å²) in [6.07, 6.45) is 1.74. The maximum absolute atomic E-state index is 9.88. The van der Waals surface area contributed by atoms with E-state index in [0.29, 0.717) is 12.6 Å². The van der Waals surface area contributed by atoms with Gasteiger partial charge in [0.25, 0.3) is 5.97 Å². The van der Waals surface area contributed by atoms with Crippen molar-refractivity contribution in [3.63, 3.8) is 0 Å². The van der Waals surface area contributed by atoms with Gasteiger partial charge in [-0.25, -0.2) is 0 Å². The monoisotopic (exact) mass is 283 g/mol. The Hall–Kier alpha value is -1.59. The average molecular weight is 283 g/mol. The molecule has 2 atom stereocenters. The molecule has 114 valence electrons. The van der Waals surface area contributed by atoms with Gasteiger partial charge >= 0.3 is 0 Å². The molecule has 0 aromatic heterocycles. The van der Waals surface area contributed by atoms with Gasteiger partial charge in [-0.1, -0.05) is 25.5 Å². The molecule has 1 aromatic carbocycles. The van der Waals surface area contributed by atoms with Gasteiger partial charge in [0.15, 0.2) is 0 Å². The topological polar surface area (TPSA) is 89.8 Å². The van der Waals surface area contributed by atoms with Crippen molar-refractivity contribution in [3.8, 4) is 5.75 Å². The van der Waals surface area contributed by atoms with E-state index in [1.54, 1.807) is 24.3 Å². The third-order valence-corrected chi connectivity index (χ3v) is 2.66. The SMILES string of the molecule is CC(=O)O.CCCC(C)NC[C@H](O)c1ccc(O)cc1. The summed E-state index contributed by atoms with van der Waals surface area (Å²) in [5.41, 5.74) is 0.828. The van der Waals surface area contributed by atoms with Gasteiger partial charge in [-0.05, 0) is 31.0 Å². The maximum atomic E-state index is 9.88. The van der Waals surface area contributed by atoms with Crippen molar-refractivity contribution < 1.29 is 20.1 Å². The van der Waals surface area contributed by atoms with Gasteiger partial charge in [0, 0.05) is 19.5 Å². The van der Waals surface area contributed by atoms with Crippen LogP contribution in [0.4, 0.5) is 0 Å². The highest BCUT2D eigenvalue weighted by Gasteiger charge is 2.08. The number of carbonyl (C=O) groups is 1. The summed E-state index contributed by atoms with van der Waals surface area (Å²) < 4.78 is 0. The number of benzene rings is 1. The smallest absolute Gasteiger partial charge is 0.300 e. The average Bonchev–Trinajstić information content (AvgIpc) is 2.36. The lowest BCUT2D eigenvalue weighted by Crippen LogP contribution is -2.30. The van der Waals surface area contributed by atoms with E-state index in [0.717, 1.165) is 25.3 Å². The van der Waals surface area contributed by atoms with E-state index in [2.05, 4.69) is 19.2 Å². The Morgan fingerprint density at radius 3 is 2.25 bits per heavy atom. The molecule has 0 saturated carbocycles. The van der Waals surface area contributed by atoms with E-state index in [-0.39, 0.29) is 5.75 Å². The molecule has 4 N–H and O–H groups in total. The Balaban J connectivity index is 0.000000796. The molecule has 5 heteroatoms. The number of aliphatic hydroxyl groups is 1. The molecule has 1 rings (SSSR count). The number of carboxylic acid groups (broad SMARTS) is 1. The molecule has 0 heterocycles. The first-order valence-corrected chi connectivity index (χ1v) is 6.76. The summed E-state index contributed by atoms with van der Waals surface area (Å²) in [6, 6.07) is 7.09. The fourth-order valence-electron chi connectivity index (χ4n) is 1.66. The van der Waals surface area contributed by atoms with Crippen LogP contribution < -0.4 is 5.32 Å². The van der Waals surface area contributed by atoms with E-state index in [9.17, 15) is 5.11 Å². The van der Waals surface area contributed by atoms with Crippen LogP contribution >= 0.6 is 0 Å². The van der Waals surface area contributed by atoms with E-state index in [4.69, 9.17) is 15.0 Å². The molecule has 0 amide bonds. The number of hydrogen-bond acceptors (Lipinski definition) is 4. The molecule has 0 aliphatic rings. The molecule has 0 spiro atoms. The lowest BCUT2D eigenvalue weighted by Gasteiger charge is -2.16. The van der Waals surface area contributed by atoms with Crippen molar-refractivity contribution in [3.05, 3.63) is 29.8 Å². The second-order valence-corrected chi connectivity index (χ2v) is 4.72. The Morgan fingerprint density at radius 1 is 1.30 bits per heavy atom. The van der Waals surface area contributed by atoms with Crippen LogP contribution in [0.3, 0.4) is 0 Å². The predicted molar refractivity (Wildman–Crippen MR) is 78.7 cm³/mol. The summed E-state index contributed by atoms with van der Waals surface area (Å²) in [6.45, 7) is 5.90. The van der Waals surface area contributed by atoms with Crippen LogP contribution in [-0.4, -0.2) is 33.9 Å². The van der Waals surface area contributed by atoms with Crippen molar-refractivity contribution in [2.45, 2.75) is 45.8 Å². The lowest BCUT2D eigenvalue weighted by molar-refractivity contribution is -0.134. The zero-order chi connectivity index (χ0) is 15.5. The normalized spacial score (nSPS) is 13.0. The largest absolute Gasteiger partial charge is 0.508 e. The minimum atomic E-state index is -0.833. The molecule has 1 aromatic rings. The number of phenolic OH excluding ortho intramolecular Hbond substituents is 1. The van der Waals surface area contributed by atoms with Gasteiger partial charge in [0.2, 0.25) is 0 Å². The number of rotatable bonds is 6. The van der Waals surface area contributed by atoms with Crippen molar-refractivity contribution in [1.29, 1.82) is 0 Å². The van der Waals surface area contributed by atoms with Gasteiger partial charge in [-0.3, -0.25) is 4.79 Å². The van der Waals surface area contributed by atoms with Crippen LogP contribution in [0.15, 0.2) is 24.3 Å². The molecule has 0 aliphatic heterocycles. The molecular weight excluding hydrogens is 258 g/mol. The molecule has 0 radical (unpaired) electrons. The minimum Gasteiger partial charge on any atom is -0.508 e. The van der Waals surface area contributed by atoms with Gasteiger partial charge in [-0.15, -0.1) is 0 Å². The van der Waals surface area contributed by atoms with Crippen molar-refractivity contribution in [2.75, 3.05) is 6.54 Å². The molecule has 1 unspecified atom stereocenters. The zero-order valence-corrected chi connectivity index (χ0v) is 12.3. The summed E-state index contributed by atoms with van der Waals surface area (Å²) in [5.74, 6) is -0.608. The number of aliphatic hydroxyl groups excluding tert-OH is 1. The summed E-state index contributed by atoms with van der Waals surface area (Å²) in [7, 11) is 0. The number of nitrogens with one attached hydrogen (secondary N) is 1. The fourth-order valence-corrected chi connectivity index (χ4v) is 1.66. The molecule has 20 heavy (non-hydrogen) atoms. The highest BCUT2D eigenvalue weighted by atomic mass is 16.4. The van der Waals surface area contributed by atoms with Crippen LogP contribution in [0.2, 0.25) is 0 Å². The van der Waals surface area contributed by atoms with Gasteiger partial charge < -0.3 is 20.6 Å². The van der Waals surface area contributed by atoms with Gasteiger partial charge in [0.1, 0.15) is 5.75 Å². The van der Waals surface area contributed by atoms with Crippen LogP contribution in [0.25, 0.3) is 0 Å². The van der Waals surface area contributed by atoms with E-state index >= 15 is 0 Å². The number of carboxylic acids is 1. The van der Waals surface area contributed by atoms with E-state index in [1.807, 2.05) is 0 Å². The first kappa shape index (κ1) is 18.4. The third-order valence-electron chi connectivity index (χ3n) is 2.66. The maximum Gasteiger partial charge on any atom is 0.300 e. The number of hydrogen-bond donors (Lipinski definition) is 4. The Morgan fingerprint density at radius 2 is 1.80 bits per heavy atom. The Kier molecular flexibility index (Phi) is 9.41. The molecule has 0 saturated heterocycles. The summed E-state index contributed by atoms with van der Waals surface area (Å²) in [4.78, 5) is 9.00. The predicted octanol–water partition coefficient (Wildman–Crippen LogP) is 2.29. The van der Waals surface area contributed by atoms with Crippen molar-refractivity contribution in [2.24, 2.45) is 0 Å². The molecule has 0 bridgehead atoms. The van der Waals surface area contributed by atoms with Crippen molar-refractivity contribution in [1.82, 2.24) is 5.32 Å². The summed E-state index contributed by atoms with van der Waals surface area (Å²) in [5, 5.41) is 29.7. The molecular formula is C15H25NO4. The first-order chi connectivity index (χ1) is 9.36. The van der Waals surface area contributed by atoms with Gasteiger partial charge in [0.05, 0.1) is 6.10 Å². The standard InChI is InChI=1S/C13H21NO2.C2H4O2/c1-3-4-10(2)14-9-13(16)11-5-7-12(15)8-6-11;1-2(3)4/h5-8,10,13-16H,3-4,9H2,1-2H3;1H3,(H,3,4)/t10?,13-;/m0./s1. The van der Waals surface area contributed by atoms with Crippen LogP contribution in [-0.2, 0) is 4.79 Å². The highest BCUT2D eigenvalue weighted by Crippen LogP contribution is 2.16. The van der Waals surface area contributed by atoms with Crippen LogP contribution in [0, 0.1) is 0 Å². The molecule has 0 fully saturated rings. The Bertz CT molecular complexity index is 374. The fraction of sp³-hybridized carbons (Fsp3) is 0.533. The van der Waals surface area contributed by atoms with Crippen LogP contribution in [0.1, 0.15) is 45.3 Å². The quantitative estimate of drug-likeness (QED) is 0.643. The second-order valence-electron chi connectivity index (χ2n) is 4.72. The Labute approximate surface area is 120 Å². The third kappa shape index (κ3) is 9.35. The van der Waals surface area contributed by atoms with E-state index in [1.165, 1.54) is 0 Å². The second kappa shape index (κ2) is 10.2. The van der Waals surface area contributed by atoms with Gasteiger partial charge in [-0.2, -0.15) is 0 Å². The molecule has 5 nitrogen and oxygen atoms in total. The van der Waals surface area contributed by atoms with Crippen LogP contribution in [0.5, 0.6) is 5.75 Å².